The second-order valence-corrected chi connectivity index (χ2v) is 8.20. The van der Waals surface area contributed by atoms with Crippen LogP contribution in [0.1, 0.15) is 36.6 Å². The van der Waals surface area contributed by atoms with Crippen molar-refractivity contribution in [3.8, 4) is 11.1 Å². The standard InChI is InChI=1S/C22H22FN5O4/c1-12(29)20-17-6-14(15-8-24-13(2)25-9-15)4-5-18(17)28(26-20)11-19(30)27-10-16(23)7-22(27,3)21(31)32/h4-6,8-9,16H,7,10-11H2,1-3H3,(H,31,32)/t16-,22+/m1/s1. The summed E-state index contributed by atoms with van der Waals surface area (Å²) in [6.45, 7) is 3.89. The minimum Gasteiger partial charge on any atom is -0.480 e. The van der Waals surface area contributed by atoms with Crippen molar-refractivity contribution in [2.45, 2.75) is 45.4 Å². The van der Waals surface area contributed by atoms with Gasteiger partial charge in [0.1, 0.15) is 29.8 Å². The van der Waals surface area contributed by atoms with Crippen molar-refractivity contribution >= 4 is 28.6 Å². The average Bonchev–Trinajstić information content (AvgIpc) is 3.26. The molecule has 1 aliphatic heterocycles. The van der Waals surface area contributed by atoms with Crippen LogP contribution < -0.4 is 0 Å². The molecule has 4 rings (SSSR count). The van der Waals surface area contributed by atoms with Crippen molar-refractivity contribution in [2.75, 3.05) is 6.54 Å². The number of hydrogen-bond acceptors (Lipinski definition) is 6. The first-order valence-corrected chi connectivity index (χ1v) is 10.1. The van der Waals surface area contributed by atoms with Gasteiger partial charge >= 0.3 is 5.97 Å². The molecule has 0 spiro atoms. The van der Waals surface area contributed by atoms with E-state index in [0.29, 0.717) is 16.7 Å². The molecule has 0 unspecified atom stereocenters. The smallest absolute Gasteiger partial charge is 0.329 e. The minimum atomic E-state index is -1.62. The van der Waals surface area contributed by atoms with Gasteiger partial charge in [0.2, 0.25) is 5.91 Å². The molecule has 0 bridgehead atoms. The van der Waals surface area contributed by atoms with Gasteiger partial charge in [-0.05, 0) is 31.5 Å². The van der Waals surface area contributed by atoms with Crippen LogP contribution >= 0.6 is 0 Å². The second kappa shape index (κ2) is 7.77. The number of nitrogens with zero attached hydrogens (tertiary/aromatic N) is 5. The summed E-state index contributed by atoms with van der Waals surface area (Å²) in [5, 5.41) is 14.4. The predicted octanol–water partition coefficient (Wildman–Crippen LogP) is 2.42. The summed E-state index contributed by atoms with van der Waals surface area (Å²) in [4.78, 5) is 46.3. The maximum absolute atomic E-state index is 14.0. The summed E-state index contributed by atoms with van der Waals surface area (Å²) in [6, 6.07) is 5.32. The number of fused-ring (bicyclic) bond motifs is 1. The zero-order valence-corrected chi connectivity index (χ0v) is 17.9. The van der Waals surface area contributed by atoms with Gasteiger partial charge in [0.25, 0.3) is 0 Å². The number of carbonyl (C=O) groups is 3. The zero-order chi connectivity index (χ0) is 23.2. The van der Waals surface area contributed by atoms with Crippen LogP contribution in [0.15, 0.2) is 30.6 Å². The molecule has 0 radical (unpaired) electrons. The van der Waals surface area contributed by atoms with E-state index in [9.17, 15) is 23.9 Å². The zero-order valence-electron chi connectivity index (χ0n) is 17.9. The van der Waals surface area contributed by atoms with Crippen molar-refractivity contribution in [3.05, 3.63) is 42.1 Å². The first-order chi connectivity index (χ1) is 15.1. The van der Waals surface area contributed by atoms with Crippen molar-refractivity contribution < 1.29 is 23.9 Å². The van der Waals surface area contributed by atoms with E-state index < -0.39 is 23.6 Å². The Morgan fingerprint density at radius 2 is 1.91 bits per heavy atom. The Bertz CT molecular complexity index is 1240. The number of rotatable bonds is 5. The van der Waals surface area contributed by atoms with E-state index in [0.717, 1.165) is 16.0 Å². The topological polar surface area (TPSA) is 118 Å². The number of benzene rings is 1. The number of likely N-dealkylation sites (tertiary alicyclic amines) is 1. The fourth-order valence-corrected chi connectivity index (χ4v) is 4.08. The van der Waals surface area contributed by atoms with Gasteiger partial charge in [0, 0.05) is 36.7 Å². The molecule has 1 saturated heterocycles. The van der Waals surface area contributed by atoms with Gasteiger partial charge in [0.15, 0.2) is 5.78 Å². The van der Waals surface area contributed by atoms with Crippen LogP contribution in [0, 0.1) is 6.92 Å². The molecule has 10 heteroatoms. The highest BCUT2D eigenvalue weighted by molar-refractivity contribution is 6.06. The molecule has 0 saturated carbocycles. The third kappa shape index (κ3) is 3.61. The number of hydrogen-bond donors (Lipinski definition) is 1. The van der Waals surface area contributed by atoms with E-state index in [2.05, 4.69) is 15.1 Å². The molecule has 0 aliphatic carbocycles. The Kier molecular flexibility index (Phi) is 5.23. The SMILES string of the molecule is CC(=O)c1nn(CC(=O)N2C[C@H](F)C[C@@]2(C)C(=O)O)c2ccc(-c3cnc(C)nc3)cc12. The summed E-state index contributed by atoms with van der Waals surface area (Å²) in [5.41, 5.74) is 0.645. The van der Waals surface area contributed by atoms with Crippen LogP contribution in [0.5, 0.6) is 0 Å². The Hall–Kier alpha value is -3.69. The molecule has 1 aliphatic rings. The number of carboxylic acids is 1. The highest BCUT2D eigenvalue weighted by Gasteiger charge is 2.50. The molecule has 32 heavy (non-hydrogen) atoms. The molecule has 1 aromatic carbocycles. The van der Waals surface area contributed by atoms with Crippen LogP contribution in [0.4, 0.5) is 4.39 Å². The number of carboxylic acid groups (broad SMARTS) is 1. The molecule has 166 valence electrons. The fraction of sp³-hybridized carbons (Fsp3) is 0.364. The first kappa shape index (κ1) is 21.5. The van der Waals surface area contributed by atoms with Crippen molar-refractivity contribution in [1.29, 1.82) is 0 Å². The number of alkyl halides is 1. The van der Waals surface area contributed by atoms with Crippen LogP contribution in [-0.2, 0) is 16.1 Å². The third-order valence-corrected chi connectivity index (χ3v) is 5.84. The molecule has 2 atom stereocenters. The van der Waals surface area contributed by atoms with E-state index in [1.54, 1.807) is 37.5 Å². The maximum atomic E-state index is 14.0. The van der Waals surface area contributed by atoms with Crippen LogP contribution in [-0.4, -0.2) is 65.7 Å². The van der Waals surface area contributed by atoms with Gasteiger partial charge in [0.05, 0.1) is 12.1 Å². The maximum Gasteiger partial charge on any atom is 0.329 e. The first-order valence-electron chi connectivity index (χ1n) is 10.1. The number of amides is 1. The Morgan fingerprint density at radius 3 is 2.53 bits per heavy atom. The molecule has 3 aromatic rings. The Morgan fingerprint density at radius 1 is 1.22 bits per heavy atom. The molecular formula is C22H22FN5O4. The normalized spacial score (nSPS) is 20.6. The largest absolute Gasteiger partial charge is 0.480 e. The summed E-state index contributed by atoms with van der Waals surface area (Å²) < 4.78 is 15.3. The van der Waals surface area contributed by atoms with Crippen molar-refractivity contribution in [2.24, 2.45) is 0 Å². The van der Waals surface area contributed by atoms with E-state index >= 15 is 0 Å². The average molecular weight is 439 g/mol. The monoisotopic (exact) mass is 439 g/mol. The molecule has 3 heterocycles. The summed E-state index contributed by atoms with van der Waals surface area (Å²) in [6.07, 6.45) is 1.67. The minimum absolute atomic E-state index is 0.188. The predicted molar refractivity (Wildman–Crippen MR) is 113 cm³/mol. The highest BCUT2D eigenvalue weighted by Crippen LogP contribution is 2.32. The quantitative estimate of drug-likeness (QED) is 0.607. The number of aryl methyl sites for hydroxylation is 1. The third-order valence-electron chi connectivity index (χ3n) is 5.84. The second-order valence-electron chi connectivity index (χ2n) is 8.20. The van der Waals surface area contributed by atoms with E-state index in [-0.39, 0.29) is 31.0 Å². The number of ketones is 1. The van der Waals surface area contributed by atoms with E-state index in [1.165, 1.54) is 18.5 Å². The van der Waals surface area contributed by atoms with Gasteiger partial charge < -0.3 is 10.0 Å². The van der Waals surface area contributed by atoms with Crippen LogP contribution in [0.3, 0.4) is 0 Å². The van der Waals surface area contributed by atoms with E-state index in [1.807, 2.05) is 0 Å². The van der Waals surface area contributed by atoms with Gasteiger partial charge in [-0.25, -0.2) is 19.2 Å². The molecule has 1 N–H and O–H groups in total. The molecule has 9 nitrogen and oxygen atoms in total. The molecular weight excluding hydrogens is 417 g/mol. The molecule has 1 fully saturated rings. The molecule has 2 aromatic heterocycles. The number of Topliss-reactive ketones (excluding diaryl/α,β-unsaturated/α-hetero) is 1. The lowest BCUT2D eigenvalue weighted by atomic mass is 9.99. The highest BCUT2D eigenvalue weighted by atomic mass is 19.1. The van der Waals surface area contributed by atoms with Gasteiger partial charge in [-0.3, -0.25) is 14.3 Å². The van der Waals surface area contributed by atoms with Crippen molar-refractivity contribution in [1.82, 2.24) is 24.6 Å². The summed E-state index contributed by atoms with van der Waals surface area (Å²) >= 11 is 0. The lowest BCUT2D eigenvalue weighted by Gasteiger charge is -2.30. The van der Waals surface area contributed by atoms with E-state index in [4.69, 9.17) is 0 Å². The fourth-order valence-electron chi connectivity index (χ4n) is 4.08. The van der Waals surface area contributed by atoms with Gasteiger partial charge in [-0.1, -0.05) is 6.07 Å². The van der Waals surface area contributed by atoms with Crippen molar-refractivity contribution in [3.63, 3.8) is 0 Å². The number of aliphatic carboxylic acids is 1. The number of aromatic nitrogens is 4. The Labute approximate surface area is 182 Å². The Balaban J connectivity index is 1.72. The molecule has 1 amide bonds. The summed E-state index contributed by atoms with van der Waals surface area (Å²) in [5.74, 6) is -1.48. The lowest BCUT2D eigenvalue weighted by Crippen LogP contribution is -2.51. The number of carbonyl (C=O) groups excluding carboxylic acids is 2. The van der Waals surface area contributed by atoms with Gasteiger partial charge in [-0.2, -0.15) is 5.10 Å². The van der Waals surface area contributed by atoms with Gasteiger partial charge in [-0.15, -0.1) is 0 Å². The summed E-state index contributed by atoms with van der Waals surface area (Å²) in [7, 11) is 0. The van der Waals surface area contributed by atoms with Crippen LogP contribution in [0.25, 0.3) is 22.0 Å². The van der Waals surface area contributed by atoms with Crippen LogP contribution in [0.2, 0.25) is 0 Å². The number of halogens is 1. The lowest BCUT2D eigenvalue weighted by molar-refractivity contribution is -0.155.